The van der Waals surface area contributed by atoms with Gasteiger partial charge in [-0.2, -0.15) is 0 Å². The van der Waals surface area contributed by atoms with Crippen LogP contribution >= 0.6 is 0 Å². The van der Waals surface area contributed by atoms with Crippen LogP contribution in [0.3, 0.4) is 0 Å². The summed E-state index contributed by atoms with van der Waals surface area (Å²) in [5, 5.41) is 2.94. The van der Waals surface area contributed by atoms with E-state index >= 15 is 0 Å². The Kier molecular flexibility index (Phi) is 3.79. The number of imidazole rings is 1. The van der Waals surface area contributed by atoms with Crippen LogP contribution in [0.15, 0.2) is 18.2 Å². The van der Waals surface area contributed by atoms with Crippen molar-refractivity contribution in [2.45, 2.75) is 38.1 Å². The second kappa shape index (κ2) is 5.84. The van der Waals surface area contributed by atoms with Gasteiger partial charge < -0.3 is 10.3 Å². The third-order valence-corrected chi connectivity index (χ3v) is 5.86. The summed E-state index contributed by atoms with van der Waals surface area (Å²) in [6.07, 6.45) is 5.22. The van der Waals surface area contributed by atoms with Crippen molar-refractivity contribution in [1.82, 2.24) is 9.55 Å². The normalized spacial score (nSPS) is 29.6. The minimum Gasteiger partial charge on any atom is -0.327 e. The van der Waals surface area contributed by atoms with E-state index in [-0.39, 0.29) is 23.7 Å². The van der Waals surface area contributed by atoms with Gasteiger partial charge in [0.2, 0.25) is 11.9 Å². The van der Waals surface area contributed by atoms with Gasteiger partial charge in [-0.1, -0.05) is 6.42 Å². The Morgan fingerprint density at radius 2 is 2.04 bits per heavy atom. The molecule has 24 heavy (non-hydrogen) atoms. The average Bonchev–Trinajstić information content (AvgIpc) is 2.82. The fourth-order valence-corrected chi connectivity index (χ4v) is 4.50. The number of carbonyl (C=O) groups is 1. The number of benzene rings is 1. The van der Waals surface area contributed by atoms with Crippen LogP contribution in [0.4, 0.5) is 10.3 Å². The number of anilines is 1. The number of fused-ring (bicyclic) bond motifs is 3. The van der Waals surface area contributed by atoms with Gasteiger partial charge in [-0.25, -0.2) is 9.37 Å². The van der Waals surface area contributed by atoms with Crippen LogP contribution in [0.5, 0.6) is 0 Å². The lowest BCUT2D eigenvalue weighted by molar-refractivity contribution is -0.122. The Balaban J connectivity index is 1.53. The van der Waals surface area contributed by atoms with Gasteiger partial charge in [0.25, 0.3) is 0 Å². The summed E-state index contributed by atoms with van der Waals surface area (Å²) in [6, 6.07) is 4.72. The molecule has 2 aliphatic carbocycles. The van der Waals surface area contributed by atoms with Gasteiger partial charge in [-0.05, 0) is 49.7 Å². The molecule has 5 nitrogen and oxygen atoms in total. The van der Waals surface area contributed by atoms with Crippen LogP contribution in [-0.4, -0.2) is 21.5 Å². The maximum atomic E-state index is 13.4. The van der Waals surface area contributed by atoms with Crippen LogP contribution < -0.4 is 11.1 Å². The van der Waals surface area contributed by atoms with E-state index in [4.69, 9.17) is 5.73 Å². The zero-order valence-corrected chi connectivity index (χ0v) is 13.8. The monoisotopic (exact) mass is 330 g/mol. The van der Waals surface area contributed by atoms with Crippen molar-refractivity contribution in [2.24, 2.45) is 30.5 Å². The van der Waals surface area contributed by atoms with Crippen molar-refractivity contribution < 1.29 is 9.18 Å². The van der Waals surface area contributed by atoms with Crippen LogP contribution in [-0.2, 0) is 11.8 Å². The number of nitrogens with two attached hydrogens (primary N) is 1. The highest BCUT2D eigenvalue weighted by Gasteiger charge is 2.40. The molecule has 3 N–H and O–H groups in total. The van der Waals surface area contributed by atoms with E-state index in [1.165, 1.54) is 18.6 Å². The largest absolute Gasteiger partial charge is 0.327 e. The van der Waals surface area contributed by atoms with Gasteiger partial charge in [0.1, 0.15) is 5.82 Å². The maximum absolute atomic E-state index is 13.4. The molecule has 2 unspecified atom stereocenters. The van der Waals surface area contributed by atoms with Crippen molar-refractivity contribution >= 4 is 22.9 Å². The van der Waals surface area contributed by atoms with Crippen molar-refractivity contribution in [3.63, 3.8) is 0 Å². The quantitative estimate of drug-likeness (QED) is 0.889. The molecule has 2 bridgehead atoms. The number of halogens is 1. The standard InChI is InChI=1S/C18H23FN4O/c1-23-15-6-5-13(19)9-14(15)21-18(23)22-17(24)12-7-10-3-2-4-11(8-12)16(10)20/h5-6,9-12,16H,2-4,7-8,20H2,1H3,(H,21,22,24). The Morgan fingerprint density at radius 1 is 1.33 bits per heavy atom. The third-order valence-electron chi connectivity index (χ3n) is 5.86. The lowest BCUT2D eigenvalue weighted by atomic mass is 9.65. The zero-order chi connectivity index (χ0) is 16.8. The van der Waals surface area contributed by atoms with Gasteiger partial charge in [-0.3, -0.25) is 10.1 Å². The van der Waals surface area contributed by atoms with E-state index in [0.717, 1.165) is 31.2 Å². The average molecular weight is 330 g/mol. The molecular formula is C18H23FN4O. The lowest BCUT2D eigenvalue weighted by Crippen LogP contribution is -2.48. The highest BCUT2D eigenvalue weighted by Crippen LogP contribution is 2.42. The van der Waals surface area contributed by atoms with Gasteiger partial charge in [0, 0.05) is 25.1 Å². The minimum absolute atomic E-state index is 0.00310. The molecule has 0 saturated heterocycles. The number of rotatable bonds is 2. The Morgan fingerprint density at radius 3 is 2.75 bits per heavy atom. The highest BCUT2D eigenvalue weighted by molar-refractivity contribution is 5.93. The Bertz CT molecular complexity index is 773. The molecule has 1 aromatic carbocycles. The van der Waals surface area contributed by atoms with Crippen molar-refractivity contribution in [1.29, 1.82) is 0 Å². The highest BCUT2D eigenvalue weighted by atomic mass is 19.1. The molecule has 2 aromatic rings. The molecule has 0 aliphatic heterocycles. The SMILES string of the molecule is Cn1c(NC(=O)C2CC3CCCC(C2)C3N)nc2cc(F)ccc21. The number of hydrogen-bond donors (Lipinski definition) is 2. The molecule has 2 aliphatic rings. The summed E-state index contributed by atoms with van der Waals surface area (Å²) in [5.74, 6) is 1.08. The summed E-state index contributed by atoms with van der Waals surface area (Å²) >= 11 is 0. The predicted octanol–water partition coefficient (Wildman–Crippen LogP) is 2.80. The molecule has 0 spiro atoms. The summed E-state index contributed by atoms with van der Waals surface area (Å²) in [4.78, 5) is 17.1. The minimum atomic E-state index is -0.326. The molecule has 2 saturated carbocycles. The number of aryl methyl sites for hydroxylation is 1. The first-order valence-electron chi connectivity index (χ1n) is 8.71. The molecule has 1 aromatic heterocycles. The van der Waals surface area contributed by atoms with E-state index in [0.29, 0.717) is 23.3 Å². The van der Waals surface area contributed by atoms with E-state index in [1.807, 2.05) is 7.05 Å². The first-order valence-corrected chi connectivity index (χ1v) is 8.71. The van der Waals surface area contributed by atoms with Gasteiger partial charge in [0.15, 0.2) is 0 Å². The molecule has 1 heterocycles. The van der Waals surface area contributed by atoms with Crippen LogP contribution in [0.2, 0.25) is 0 Å². The first-order chi connectivity index (χ1) is 11.5. The van der Waals surface area contributed by atoms with Crippen LogP contribution in [0.1, 0.15) is 32.1 Å². The zero-order valence-electron chi connectivity index (χ0n) is 13.8. The fraction of sp³-hybridized carbons (Fsp3) is 0.556. The number of aromatic nitrogens is 2. The molecular weight excluding hydrogens is 307 g/mol. The second-order valence-corrected chi connectivity index (χ2v) is 7.31. The maximum Gasteiger partial charge on any atom is 0.229 e. The Hall–Kier alpha value is -1.95. The fourth-order valence-electron chi connectivity index (χ4n) is 4.50. The smallest absolute Gasteiger partial charge is 0.229 e. The Labute approximate surface area is 140 Å². The van der Waals surface area contributed by atoms with Crippen molar-refractivity contribution in [2.75, 3.05) is 5.32 Å². The summed E-state index contributed by atoms with van der Waals surface area (Å²) in [7, 11) is 1.83. The number of amides is 1. The number of carbonyl (C=O) groups excluding carboxylic acids is 1. The van der Waals surface area contributed by atoms with Crippen LogP contribution in [0, 0.1) is 23.6 Å². The molecule has 128 valence electrons. The molecule has 2 fully saturated rings. The van der Waals surface area contributed by atoms with Gasteiger partial charge >= 0.3 is 0 Å². The van der Waals surface area contributed by atoms with Crippen LogP contribution in [0.25, 0.3) is 11.0 Å². The lowest BCUT2D eigenvalue weighted by Gasteiger charge is -2.43. The molecule has 6 heteroatoms. The molecule has 1 amide bonds. The molecule has 4 rings (SSSR count). The molecule has 2 atom stereocenters. The number of nitrogens with one attached hydrogen (secondary N) is 1. The predicted molar refractivity (Wildman–Crippen MR) is 90.8 cm³/mol. The third kappa shape index (κ3) is 2.59. The second-order valence-electron chi connectivity index (χ2n) is 7.31. The van der Waals surface area contributed by atoms with Gasteiger partial charge in [0.05, 0.1) is 11.0 Å². The van der Waals surface area contributed by atoms with Crippen molar-refractivity contribution in [3.8, 4) is 0 Å². The topological polar surface area (TPSA) is 72.9 Å². The van der Waals surface area contributed by atoms with Gasteiger partial charge in [-0.15, -0.1) is 0 Å². The summed E-state index contributed by atoms with van der Waals surface area (Å²) in [5.41, 5.74) is 7.66. The van der Waals surface area contributed by atoms with E-state index in [1.54, 1.807) is 10.6 Å². The van der Waals surface area contributed by atoms with E-state index < -0.39 is 0 Å². The van der Waals surface area contributed by atoms with E-state index in [2.05, 4.69) is 10.3 Å². The molecule has 0 radical (unpaired) electrons. The van der Waals surface area contributed by atoms with Crippen molar-refractivity contribution in [3.05, 3.63) is 24.0 Å². The summed E-state index contributed by atoms with van der Waals surface area (Å²) < 4.78 is 15.1. The number of nitrogens with zero attached hydrogens (tertiary/aromatic N) is 2. The van der Waals surface area contributed by atoms with E-state index in [9.17, 15) is 9.18 Å². The number of hydrogen-bond acceptors (Lipinski definition) is 3. The summed E-state index contributed by atoms with van der Waals surface area (Å²) in [6.45, 7) is 0. The first kappa shape index (κ1) is 15.6.